The summed E-state index contributed by atoms with van der Waals surface area (Å²) in [6, 6.07) is 5.68. The van der Waals surface area contributed by atoms with Crippen LogP contribution in [0.15, 0.2) is 22.7 Å². The molecule has 1 aliphatic heterocycles. The fourth-order valence-corrected chi connectivity index (χ4v) is 2.62. The van der Waals surface area contributed by atoms with E-state index in [4.69, 9.17) is 0 Å². The van der Waals surface area contributed by atoms with Crippen LogP contribution >= 0.6 is 15.9 Å². The van der Waals surface area contributed by atoms with E-state index in [2.05, 4.69) is 15.9 Å². The molecule has 2 rings (SSSR count). The zero-order chi connectivity index (χ0) is 11.8. The van der Waals surface area contributed by atoms with Crippen molar-refractivity contribution in [1.29, 1.82) is 0 Å². The first-order valence-electron chi connectivity index (χ1n) is 5.01. The Morgan fingerprint density at radius 3 is 2.75 bits per heavy atom. The van der Waals surface area contributed by atoms with Gasteiger partial charge in [0.2, 0.25) is 0 Å². The smallest absolute Gasteiger partial charge is 0.290 e. The monoisotopic (exact) mass is 293 g/mol. The fourth-order valence-electron chi connectivity index (χ4n) is 2.01. The van der Waals surface area contributed by atoms with E-state index in [1.54, 1.807) is 0 Å². The lowest BCUT2D eigenvalue weighted by molar-refractivity contribution is -0.147. The summed E-state index contributed by atoms with van der Waals surface area (Å²) in [5.41, 5.74) is 2.13. The topological polar surface area (TPSA) is 3.24 Å². The van der Waals surface area contributed by atoms with Gasteiger partial charge in [0.25, 0.3) is 0 Å². The van der Waals surface area contributed by atoms with E-state index in [-0.39, 0.29) is 0 Å². The highest BCUT2D eigenvalue weighted by Gasteiger charge is 2.32. The van der Waals surface area contributed by atoms with Crippen molar-refractivity contribution in [3.8, 4) is 0 Å². The number of halogens is 4. The van der Waals surface area contributed by atoms with Crippen molar-refractivity contribution in [2.45, 2.75) is 19.1 Å². The molecule has 0 aromatic heterocycles. The number of fused-ring (bicyclic) bond motifs is 1. The van der Waals surface area contributed by atoms with Gasteiger partial charge in [-0.1, -0.05) is 28.1 Å². The molecule has 1 aliphatic rings. The number of hydrogen-bond donors (Lipinski definition) is 0. The highest BCUT2D eigenvalue weighted by atomic mass is 79.9. The third kappa shape index (κ3) is 2.77. The molecule has 0 unspecified atom stereocenters. The van der Waals surface area contributed by atoms with Gasteiger partial charge in [0.15, 0.2) is 0 Å². The molecule has 1 nitrogen and oxygen atoms in total. The van der Waals surface area contributed by atoms with Crippen LogP contribution in [-0.4, -0.2) is 24.2 Å². The van der Waals surface area contributed by atoms with E-state index >= 15 is 0 Å². The van der Waals surface area contributed by atoms with Gasteiger partial charge in [0.05, 0.1) is 6.54 Å². The molecule has 0 radical (unpaired) electrons. The third-order valence-electron chi connectivity index (χ3n) is 2.69. The first-order valence-corrected chi connectivity index (χ1v) is 5.80. The van der Waals surface area contributed by atoms with Crippen LogP contribution in [0.3, 0.4) is 0 Å². The lowest BCUT2D eigenvalue weighted by atomic mass is 10.00. The molecular weight excluding hydrogens is 283 g/mol. The summed E-state index contributed by atoms with van der Waals surface area (Å²) in [5, 5.41) is 0. The largest absolute Gasteiger partial charge is 0.401 e. The molecule has 1 aromatic carbocycles. The van der Waals surface area contributed by atoms with E-state index in [1.807, 2.05) is 18.2 Å². The molecule has 0 atom stereocenters. The Labute approximate surface area is 100 Å². The molecule has 5 heteroatoms. The number of alkyl halides is 3. The van der Waals surface area contributed by atoms with E-state index in [0.717, 1.165) is 15.6 Å². The highest BCUT2D eigenvalue weighted by molar-refractivity contribution is 9.10. The summed E-state index contributed by atoms with van der Waals surface area (Å²) < 4.78 is 37.7. The summed E-state index contributed by atoms with van der Waals surface area (Å²) >= 11 is 3.42. The van der Waals surface area contributed by atoms with Gasteiger partial charge in [-0.05, 0) is 23.6 Å². The molecule has 0 spiro atoms. The predicted molar refractivity (Wildman–Crippen MR) is 59.2 cm³/mol. The van der Waals surface area contributed by atoms with E-state index in [9.17, 15) is 13.2 Å². The van der Waals surface area contributed by atoms with Crippen LogP contribution in [0.1, 0.15) is 11.1 Å². The molecule has 0 N–H and O–H groups in total. The number of hydrogen-bond acceptors (Lipinski definition) is 1. The second-order valence-electron chi connectivity index (χ2n) is 3.95. The second-order valence-corrected chi connectivity index (χ2v) is 4.81. The Hall–Kier alpha value is -0.550. The maximum atomic E-state index is 12.2. The van der Waals surface area contributed by atoms with Gasteiger partial charge in [-0.2, -0.15) is 13.2 Å². The van der Waals surface area contributed by atoms with Crippen LogP contribution in [0.2, 0.25) is 0 Å². The molecule has 1 heterocycles. The van der Waals surface area contributed by atoms with Gasteiger partial charge in [0, 0.05) is 17.6 Å². The summed E-state index contributed by atoms with van der Waals surface area (Å²) in [5.74, 6) is 0. The minimum absolute atomic E-state index is 0.383. The van der Waals surface area contributed by atoms with Gasteiger partial charge >= 0.3 is 6.18 Å². The minimum atomic E-state index is -4.11. The zero-order valence-electron chi connectivity index (χ0n) is 8.52. The van der Waals surface area contributed by atoms with Crippen molar-refractivity contribution in [2.75, 3.05) is 13.1 Å². The molecule has 1 aromatic rings. The lowest BCUT2D eigenvalue weighted by Crippen LogP contribution is -2.38. The van der Waals surface area contributed by atoms with Crippen molar-refractivity contribution in [3.63, 3.8) is 0 Å². The van der Waals surface area contributed by atoms with E-state index in [0.29, 0.717) is 19.5 Å². The van der Waals surface area contributed by atoms with Crippen molar-refractivity contribution in [2.24, 2.45) is 0 Å². The lowest BCUT2D eigenvalue weighted by Gasteiger charge is -2.29. The molecular formula is C11H11BrF3N. The van der Waals surface area contributed by atoms with Gasteiger partial charge < -0.3 is 0 Å². The van der Waals surface area contributed by atoms with Gasteiger partial charge in [0.1, 0.15) is 0 Å². The Balaban J connectivity index is 2.12. The van der Waals surface area contributed by atoms with Crippen molar-refractivity contribution >= 4 is 15.9 Å². The van der Waals surface area contributed by atoms with E-state index in [1.165, 1.54) is 4.90 Å². The number of benzene rings is 1. The summed E-state index contributed by atoms with van der Waals surface area (Å²) in [7, 11) is 0. The Morgan fingerprint density at radius 2 is 2.06 bits per heavy atom. The second kappa shape index (κ2) is 4.37. The number of nitrogens with zero attached hydrogens (tertiary/aromatic N) is 1. The van der Waals surface area contributed by atoms with Gasteiger partial charge in [-0.25, -0.2) is 0 Å². The SMILES string of the molecule is FC(F)(F)CN1CCc2c(Br)cccc2C1. The Kier molecular flexibility index (Phi) is 3.26. The average Bonchev–Trinajstić information content (AvgIpc) is 2.15. The molecule has 0 amide bonds. The molecule has 0 aliphatic carbocycles. The molecule has 0 bridgehead atoms. The first kappa shape index (κ1) is 11.9. The quantitative estimate of drug-likeness (QED) is 0.767. The molecule has 16 heavy (non-hydrogen) atoms. The minimum Gasteiger partial charge on any atom is -0.290 e. The Bertz CT molecular complexity index is 389. The van der Waals surface area contributed by atoms with Crippen molar-refractivity contribution in [1.82, 2.24) is 4.90 Å². The van der Waals surface area contributed by atoms with Crippen molar-refractivity contribution < 1.29 is 13.2 Å². The third-order valence-corrected chi connectivity index (χ3v) is 3.43. The predicted octanol–water partition coefficient (Wildman–Crippen LogP) is 3.37. The summed E-state index contributed by atoms with van der Waals surface area (Å²) in [4.78, 5) is 1.44. The maximum Gasteiger partial charge on any atom is 0.401 e. The van der Waals surface area contributed by atoms with Crippen molar-refractivity contribution in [3.05, 3.63) is 33.8 Å². The molecule has 0 saturated heterocycles. The van der Waals surface area contributed by atoms with Crippen LogP contribution in [-0.2, 0) is 13.0 Å². The fraction of sp³-hybridized carbons (Fsp3) is 0.455. The van der Waals surface area contributed by atoms with Crippen LogP contribution < -0.4 is 0 Å². The van der Waals surface area contributed by atoms with E-state index < -0.39 is 12.7 Å². The maximum absolute atomic E-state index is 12.2. The highest BCUT2D eigenvalue weighted by Crippen LogP contribution is 2.28. The van der Waals surface area contributed by atoms with Crippen LogP contribution in [0.25, 0.3) is 0 Å². The van der Waals surface area contributed by atoms with Crippen LogP contribution in [0.4, 0.5) is 13.2 Å². The molecule has 0 saturated carbocycles. The molecule has 0 fully saturated rings. The van der Waals surface area contributed by atoms with Crippen LogP contribution in [0, 0.1) is 0 Å². The summed E-state index contributed by atoms with van der Waals surface area (Å²) in [6.45, 7) is 0.0301. The standard InChI is InChI=1S/C11H11BrF3N/c12-10-3-1-2-8-6-16(5-4-9(8)10)7-11(13,14)15/h1-3H,4-7H2. The number of rotatable bonds is 1. The normalized spacial score (nSPS) is 17.2. The average molecular weight is 294 g/mol. The van der Waals surface area contributed by atoms with Crippen LogP contribution in [0.5, 0.6) is 0 Å². The first-order chi connectivity index (χ1) is 7.46. The van der Waals surface area contributed by atoms with Gasteiger partial charge in [-0.3, -0.25) is 4.90 Å². The summed E-state index contributed by atoms with van der Waals surface area (Å²) in [6.07, 6.45) is -3.43. The zero-order valence-corrected chi connectivity index (χ0v) is 10.1. The Morgan fingerprint density at radius 1 is 1.31 bits per heavy atom. The molecule has 88 valence electrons. The van der Waals surface area contributed by atoms with Gasteiger partial charge in [-0.15, -0.1) is 0 Å².